The lowest BCUT2D eigenvalue weighted by Crippen LogP contribution is -2.02. The SMILES string of the molecule is Cc1ccc(C(=O)O)cc1-n1cc(Cl)cn1. The van der Waals surface area contributed by atoms with Crippen molar-refractivity contribution < 1.29 is 9.90 Å². The van der Waals surface area contributed by atoms with Crippen molar-refractivity contribution in [1.82, 2.24) is 9.78 Å². The van der Waals surface area contributed by atoms with Gasteiger partial charge in [0.15, 0.2) is 0 Å². The number of aromatic nitrogens is 2. The number of hydrogen-bond donors (Lipinski definition) is 1. The Labute approximate surface area is 97.1 Å². The first kappa shape index (κ1) is 10.7. The van der Waals surface area contributed by atoms with E-state index in [1.54, 1.807) is 29.1 Å². The Morgan fingerprint density at radius 3 is 2.81 bits per heavy atom. The highest BCUT2D eigenvalue weighted by molar-refractivity contribution is 6.30. The van der Waals surface area contributed by atoms with Gasteiger partial charge >= 0.3 is 5.97 Å². The maximum Gasteiger partial charge on any atom is 0.335 e. The monoisotopic (exact) mass is 236 g/mol. The first-order chi connectivity index (χ1) is 7.58. The Morgan fingerprint density at radius 1 is 1.50 bits per heavy atom. The van der Waals surface area contributed by atoms with Crippen LogP contribution in [-0.4, -0.2) is 20.9 Å². The number of halogens is 1. The van der Waals surface area contributed by atoms with Crippen molar-refractivity contribution in [1.29, 1.82) is 0 Å². The molecule has 0 unspecified atom stereocenters. The quantitative estimate of drug-likeness (QED) is 0.872. The first-order valence-corrected chi connectivity index (χ1v) is 5.00. The summed E-state index contributed by atoms with van der Waals surface area (Å²) in [5, 5.41) is 13.4. The van der Waals surface area contributed by atoms with Crippen LogP contribution in [0.5, 0.6) is 0 Å². The molecule has 0 radical (unpaired) electrons. The Bertz CT molecular complexity index is 549. The lowest BCUT2D eigenvalue weighted by atomic mass is 10.1. The number of carbonyl (C=O) groups is 1. The zero-order valence-electron chi connectivity index (χ0n) is 8.51. The van der Waals surface area contributed by atoms with Gasteiger partial charge in [0, 0.05) is 6.20 Å². The maximum atomic E-state index is 10.8. The molecule has 0 aliphatic carbocycles. The van der Waals surface area contributed by atoms with Gasteiger partial charge in [0.1, 0.15) is 0 Å². The van der Waals surface area contributed by atoms with Crippen LogP contribution in [0.4, 0.5) is 0 Å². The van der Waals surface area contributed by atoms with Gasteiger partial charge in [-0.1, -0.05) is 17.7 Å². The lowest BCUT2D eigenvalue weighted by Gasteiger charge is -2.06. The van der Waals surface area contributed by atoms with Gasteiger partial charge in [-0.05, 0) is 24.6 Å². The molecule has 0 atom stereocenters. The van der Waals surface area contributed by atoms with Gasteiger partial charge in [0.2, 0.25) is 0 Å². The second-order valence-corrected chi connectivity index (χ2v) is 3.85. The third kappa shape index (κ3) is 1.92. The molecule has 0 amide bonds. The zero-order valence-corrected chi connectivity index (χ0v) is 9.27. The van der Waals surface area contributed by atoms with E-state index in [-0.39, 0.29) is 5.56 Å². The largest absolute Gasteiger partial charge is 0.478 e. The van der Waals surface area contributed by atoms with Crippen LogP contribution in [0.2, 0.25) is 5.02 Å². The molecule has 5 heteroatoms. The van der Waals surface area contributed by atoms with E-state index in [1.165, 1.54) is 6.20 Å². The summed E-state index contributed by atoms with van der Waals surface area (Å²) >= 11 is 5.77. The van der Waals surface area contributed by atoms with E-state index in [0.29, 0.717) is 10.7 Å². The van der Waals surface area contributed by atoms with Crippen molar-refractivity contribution in [2.75, 3.05) is 0 Å². The molecule has 4 nitrogen and oxygen atoms in total. The van der Waals surface area contributed by atoms with Gasteiger partial charge in [-0.15, -0.1) is 0 Å². The van der Waals surface area contributed by atoms with Gasteiger partial charge in [0.05, 0.1) is 22.5 Å². The third-order valence-electron chi connectivity index (χ3n) is 2.25. The minimum atomic E-state index is -0.959. The Hall–Kier alpha value is -1.81. The minimum Gasteiger partial charge on any atom is -0.478 e. The highest BCUT2D eigenvalue weighted by Gasteiger charge is 2.08. The van der Waals surface area contributed by atoms with E-state index >= 15 is 0 Å². The molecule has 0 aliphatic rings. The fraction of sp³-hybridized carbons (Fsp3) is 0.0909. The van der Waals surface area contributed by atoms with Crippen LogP contribution >= 0.6 is 11.6 Å². The number of aromatic carboxylic acids is 1. The summed E-state index contributed by atoms with van der Waals surface area (Å²) < 4.78 is 1.56. The number of benzene rings is 1. The second-order valence-electron chi connectivity index (χ2n) is 3.41. The van der Waals surface area contributed by atoms with Crippen molar-refractivity contribution in [3.8, 4) is 5.69 Å². The highest BCUT2D eigenvalue weighted by Crippen LogP contribution is 2.17. The molecule has 2 rings (SSSR count). The molecular formula is C11H9ClN2O2. The molecule has 1 heterocycles. The number of aryl methyl sites for hydroxylation is 1. The zero-order chi connectivity index (χ0) is 11.7. The van der Waals surface area contributed by atoms with E-state index in [2.05, 4.69) is 5.10 Å². The van der Waals surface area contributed by atoms with E-state index in [4.69, 9.17) is 16.7 Å². The standard InChI is InChI=1S/C11H9ClN2O2/c1-7-2-3-8(11(15)16)4-10(7)14-6-9(12)5-13-14/h2-6H,1H3,(H,15,16). The fourth-order valence-electron chi connectivity index (χ4n) is 1.42. The summed E-state index contributed by atoms with van der Waals surface area (Å²) in [6.45, 7) is 1.89. The molecule has 0 saturated carbocycles. The number of hydrogen-bond acceptors (Lipinski definition) is 2. The maximum absolute atomic E-state index is 10.8. The second kappa shape index (κ2) is 3.98. The Balaban J connectivity index is 2.55. The molecule has 0 fully saturated rings. The molecule has 0 aliphatic heterocycles. The molecule has 1 aromatic carbocycles. The summed E-state index contributed by atoms with van der Waals surface area (Å²) in [5.74, 6) is -0.959. The molecule has 16 heavy (non-hydrogen) atoms. The van der Waals surface area contributed by atoms with Crippen LogP contribution in [0, 0.1) is 6.92 Å². The van der Waals surface area contributed by atoms with Gasteiger partial charge in [-0.25, -0.2) is 9.48 Å². The van der Waals surface area contributed by atoms with Crippen LogP contribution in [0.25, 0.3) is 5.69 Å². The highest BCUT2D eigenvalue weighted by atomic mass is 35.5. The van der Waals surface area contributed by atoms with Crippen molar-refractivity contribution >= 4 is 17.6 Å². The van der Waals surface area contributed by atoms with Crippen molar-refractivity contribution in [3.63, 3.8) is 0 Å². The molecule has 0 spiro atoms. The van der Waals surface area contributed by atoms with Crippen molar-refractivity contribution in [2.45, 2.75) is 6.92 Å². The van der Waals surface area contributed by atoms with Gasteiger partial charge < -0.3 is 5.11 Å². The molecule has 0 bridgehead atoms. The fourth-order valence-corrected chi connectivity index (χ4v) is 1.56. The normalized spacial score (nSPS) is 10.4. The predicted molar refractivity (Wildman–Crippen MR) is 60.3 cm³/mol. The molecule has 1 aromatic heterocycles. The minimum absolute atomic E-state index is 0.229. The number of carboxylic acids is 1. The van der Waals surface area contributed by atoms with Crippen LogP contribution in [0.3, 0.4) is 0 Å². The Kier molecular flexibility index (Phi) is 2.66. The molecule has 0 saturated heterocycles. The van der Waals surface area contributed by atoms with E-state index < -0.39 is 5.97 Å². The van der Waals surface area contributed by atoms with E-state index in [9.17, 15) is 4.79 Å². The number of carboxylic acid groups (broad SMARTS) is 1. The first-order valence-electron chi connectivity index (χ1n) is 4.62. The van der Waals surface area contributed by atoms with Gasteiger partial charge in [-0.3, -0.25) is 0 Å². The number of nitrogens with zero attached hydrogens (tertiary/aromatic N) is 2. The Morgan fingerprint density at radius 2 is 2.25 bits per heavy atom. The predicted octanol–water partition coefficient (Wildman–Crippen LogP) is 2.53. The summed E-state index contributed by atoms with van der Waals surface area (Å²) in [4.78, 5) is 10.8. The van der Waals surface area contributed by atoms with Crippen LogP contribution in [-0.2, 0) is 0 Å². The molecule has 1 N–H and O–H groups in total. The average Bonchev–Trinajstić information content (AvgIpc) is 2.65. The van der Waals surface area contributed by atoms with Crippen LogP contribution in [0.1, 0.15) is 15.9 Å². The van der Waals surface area contributed by atoms with Gasteiger partial charge in [0.25, 0.3) is 0 Å². The van der Waals surface area contributed by atoms with Crippen molar-refractivity contribution in [3.05, 3.63) is 46.7 Å². The topological polar surface area (TPSA) is 55.1 Å². The van der Waals surface area contributed by atoms with E-state index in [1.807, 2.05) is 6.92 Å². The average molecular weight is 237 g/mol. The third-order valence-corrected chi connectivity index (χ3v) is 2.45. The summed E-state index contributed by atoms with van der Waals surface area (Å²) in [6, 6.07) is 4.88. The molecular weight excluding hydrogens is 228 g/mol. The summed E-state index contributed by atoms with van der Waals surface area (Å²) in [6.07, 6.45) is 3.14. The summed E-state index contributed by atoms with van der Waals surface area (Å²) in [5.41, 5.74) is 1.88. The number of rotatable bonds is 2. The van der Waals surface area contributed by atoms with Crippen molar-refractivity contribution in [2.24, 2.45) is 0 Å². The van der Waals surface area contributed by atoms with Gasteiger partial charge in [-0.2, -0.15) is 5.10 Å². The summed E-state index contributed by atoms with van der Waals surface area (Å²) in [7, 11) is 0. The smallest absolute Gasteiger partial charge is 0.335 e. The van der Waals surface area contributed by atoms with Crippen LogP contribution in [0.15, 0.2) is 30.6 Å². The van der Waals surface area contributed by atoms with Crippen LogP contribution < -0.4 is 0 Å². The van der Waals surface area contributed by atoms with E-state index in [0.717, 1.165) is 5.56 Å². The lowest BCUT2D eigenvalue weighted by molar-refractivity contribution is 0.0697. The molecule has 82 valence electrons. The molecule has 2 aromatic rings.